The Bertz CT molecular complexity index is 1530. The van der Waals surface area contributed by atoms with Crippen molar-refractivity contribution in [1.29, 1.82) is 0 Å². The fraction of sp³-hybridized carbons (Fsp3) is 0.517. The third kappa shape index (κ3) is 7.79. The number of hydrogen-bond acceptors (Lipinski definition) is 11. The van der Waals surface area contributed by atoms with Crippen LogP contribution in [0.15, 0.2) is 22.9 Å². The summed E-state index contributed by atoms with van der Waals surface area (Å²) in [6.45, 7) is 8.85. The maximum absolute atomic E-state index is 11.8. The number of carboxylic acid groups (broad SMARTS) is 1. The van der Waals surface area contributed by atoms with Crippen LogP contribution in [0.3, 0.4) is 0 Å². The van der Waals surface area contributed by atoms with Gasteiger partial charge in [0.2, 0.25) is 0 Å². The number of piperidine rings is 2. The Balaban J connectivity index is 0.000000171. The number of hydrogen-bond donors (Lipinski definition) is 1. The van der Waals surface area contributed by atoms with Gasteiger partial charge in [-0.15, -0.1) is 22.7 Å². The molecule has 0 bridgehead atoms. The van der Waals surface area contributed by atoms with E-state index in [9.17, 15) is 14.7 Å². The highest BCUT2D eigenvalue weighted by Crippen LogP contribution is 2.26. The van der Waals surface area contributed by atoms with Crippen molar-refractivity contribution >= 4 is 44.9 Å². The zero-order valence-electron chi connectivity index (χ0n) is 24.9. The third-order valence-corrected chi connectivity index (χ3v) is 9.27. The fourth-order valence-corrected chi connectivity index (χ4v) is 7.02. The molecule has 43 heavy (non-hydrogen) atoms. The van der Waals surface area contributed by atoms with E-state index < -0.39 is 5.97 Å². The lowest BCUT2D eigenvalue weighted by Crippen LogP contribution is -2.29. The van der Waals surface area contributed by atoms with E-state index >= 15 is 0 Å². The lowest BCUT2D eigenvalue weighted by molar-refractivity contribution is 0.0586. The minimum Gasteiger partial charge on any atom is -0.477 e. The molecule has 0 aliphatic carbocycles. The van der Waals surface area contributed by atoms with E-state index in [1.165, 1.54) is 50.3 Å². The summed E-state index contributed by atoms with van der Waals surface area (Å²) < 4.78 is 7.97. The highest BCUT2D eigenvalue weighted by atomic mass is 32.1. The Morgan fingerprint density at radius 3 is 1.65 bits per heavy atom. The van der Waals surface area contributed by atoms with Crippen LogP contribution in [0.2, 0.25) is 0 Å². The second-order valence-electron chi connectivity index (χ2n) is 10.8. The SMILES string of the molecule is COC(=O)c1cc(C)nn1Cc1csc(N2CCCCC2)n1.Cc1cc(C(=O)O)n(Cc2csc(N3CCCCC3)n2)n1. The summed E-state index contributed by atoms with van der Waals surface area (Å²) in [6, 6.07) is 3.32. The summed E-state index contributed by atoms with van der Waals surface area (Å²) in [7, 11) is 1.38. The van der Waals surface area contributed by atoms with Crippen molar-refractivity contribution < 1.29 is 19.4 Å². The van der Waals surface area contributed by atoms with Gasteiger partial charge in [0.15, 0.2) is 10.3 Å². The van der Waals surface area contributed by atoms with Crippen molar-refractivity contribution in [2.75, 3.05) is 43.1 Å². The van der Waals surface area contributed by atoms with Crippen molar-refractivity contribution in [3.8, 4) is 0 Å². The molecule has 0 radical (unpaired) electrons. The molecule has 2 saturated heterocycles. The second-order valence-corrected chi connectivity index (χ2v) is 12.5. The number of anilines is 2. The number of carbonyl (C=O) groups is 2. The van der Waals surface area contributed by atoms with Crippen molar-refractivity contribution in [3.05, 3.63) is 57.1 Å². The van der Waals surface area contributed by atoms with Crippen molar-refractivity contribution in [3.63, 3.8) is 0 Å². The number of carboxylic acids is 1. The largest absolute Gasteiger partial charge is 0.477 e. The number of esters is 1. The summed E-state index contributed by atoms with van der Waals surface area (Å²) in [5, 5.41) is 23.9. The number of carbonyl (C=O) groups excluding carboxylic acids is 1. The summed E-state index contributed by atoms with van der Waals surface area (Å²) in [6.07, 6.45) is 7.51. The van der Waals surface area contributed by atoms with E-state index in [0.717, 1.165) is 53.5 Å². The lowest BCUT2D eigenvalue weighted by Gasteiger charge is -2.25. The molecule has 12 nitrogen and oxygen atoms in total. The smallest absolute Gasteiger partial charge is 0.356 e. The minimum atomic E-state index is -0.956. The van der Waals surface area contributed by atoms with Crippen LogP contribution in [0.5, 0.6) is 0 Å². The van der Waals surface area contributed by atoms with Gasteiger partial charge in [0.25, 0.3) is 0 Å². The maximum Gasteiger partial charge on any atom is 0.356 e. The first kappa shape index (κ1) is 30.7. The fourth-order valence-electron chi connectivity index (χ4n) is 5.28. The standard InChI is InChI=1S/C15H20N4O2S.C14H18N4O2S/c1-11-8-13(14(20)21-2)19(17-11)9-12-10-22-15(16-12)18-6-4-3-5-7-18;1-10-7-12(13(19)20)18(16-10)8-11-9-21-14(15-11)17-5-3-2-4-6-17/h8,10H,3-7,9H2,1-2H3;7,9H,2-6,8H2,1H3,(H,19,20). The summed E-state index contributed by atoms with van der Waals surface area (Å²) in [5.41, 5.74) is 3.98. The topological polar surface area (TPSA) is 132 Å². The number of methoxy groups -OCH3 is 1. The molecule has 0 unspecified atom stereocenters. The molecule has 0 atom stereocenters. The molecule has 0 aromatic carbocycles. The van der Waals surface area contributed by atoms with Crippen LogP contribution in [0.25, 0.3) is 0 Å². The van der Waals surface area contributed by atoms with Crippen LogP contribution in [0.4, 0.5) is 10.3 Å². The van der Waals surface area contributed by atoms with Crippen LogP contribution >= 0.6 is 22.7 Å². The molecule has 2 fully saturated rings. The van der Waals surface area contributed by atoms with Crippen LogP contribution in [0.1, 0.15) is 82.3 Å². The Morgan fingerprint density at radius 1 is 0.767 bits per heavy atom. The molecule has 4 aromatic heterocycles. The highest BCUT2D eigenvalue weighted by Gasteiger charge is 2.19. The molecule has 0 spiro atoms. The molecule has 2 aliphatic rings. The predicted molar refractivity (Wildman–Crippen MR) is 167 cm³/mol. The molecule has 2 aliphatic heterocycles. The number of nitrogens with zero attached hydrogens (tertiary/aromatic N) is 8. The van der Waals surface area contributed by atoms with Crippen LogP contribution < -0.4 is 9.80 Å². The maximum atomic E-state index is 11.8. The molecule has 1 N–H and O–H groups in total. The zero-order valence-corrected chi connectivity index (χ0v) is 26.5. The Labute approximate surface area is 258 Å². The van der Waals surface area contributed by atoms with Crippen LogP contribution in [-0.2, 0) is 17.8 Å². The van der Waals surface area contributed by atoms with Crippen LogP contribution in [-0.4, -0.2) is 79.9 Å². The predicted octanol–water partition coefficient (Wildman–Crippen LogP) is 4.86. The number of aromatic nitrogens is 6. The van der Waals surface area contributed by atoms with Crippen molar-refractivity contribution in [1.82, 2.24) is 29.5 Å². The van der Waals surface area contributed by atoms with Gasteiger partial charge >= 0.3 is 11.9 Å². The van der Waals surface area contributed by atoms with Gasteiger partial charge in [-0.3, -0.25) is 9.36 Å². The van der Waals surface area contributed by atoms with Crippen molar-refractivity contribution in [2.45, 2.75) is 65.5 Å². The minimum absolute atomic E-state index is 0.208. The van der Waals surface area contributed by atoms with Gasteiger partial charge in [-0.2, -0.15) is 10.2 Å². The second kappa shape index (κ2) is 14.1. The Kier molecular flexibility index (Phi) is 10.1. The molecular weight excluding hydrogens is 589 g/mol. The monoisotopic (exact) mass is 626 g/mol. The van der Waals surface area contributed by atoms with Gasteiger partial charge in [-0.05, 0) is 64.5 Å². The number of aromatic carboxylic acids is 1. The van der Waals surface area contributed by atoms with Gasteiger partial charge < -0.3 is 19.6 Å². The third-order valence-electron chi connectivity index (χ3n) is 7.37. The van der Waals surface area contributed by atoms with E-state index in [-0.39, 0.29) is 11.7 Å². The average Bonchev–Trinajstić information content (AvgIpc) is 3.82. The van der Waals surface area contributed by atoms with Gasteiger partial charge in [-0.25, -0.2) is 19.6 Å². The molecule has 6 heterocycles. The Hall–Kier alpha value is -3.78. The summed E-state index contributed by atoms with van der Waals surface area (Å²) in [4.78, 5) is 36.9. The highest BCUT2D eigenvalue weighted by molar-refractivity contribution is 7.14. The first-order valence-electron chi connectivity index (χ1n) is 14.6. The molecule has 230 valence electrons. The number of rotatable bonds is 8. The normalized spacial score (nSPS) is 15.2. The summed E-state index contributed by atoms with van der Waals surface area (Å²) in [5.74, 6) is -1.32. The number of ether oxygens (including phenoxy) is 1. The van der Waals surface area contributed by atoms with E-state index in [0.29, 0.717) is 24.5 Å². The molecule has 14 heteroatoms. The first-order valence-corrected chi connectivity index (χ1v) is 16.4. The quantitative estimate of drug-likeness (QED) is 0.271. The number of thiazole rings is 2. The van der Waals surface area contributed by atoms with E-state index in [1.54, 1.807) is 46.4 Å². The molecule has 4 aromatic rings. The van der Waals surface area contributed by atoms with E-state index in [1.807, 2.05) is 17.7 Å². The molecule has 0 amide bonds. The first-order chi connectivity index (χ1) is 20.8. The van der Waals surface area contributed by atoms with Gasteiger partial charge in [0.1, 0.15) is 11.4 Å². The zero-order chi connectivity index (χ0) is 30.3. The molecule has 0 saturated carbocycles. The lowest BCUT2D eigenvalue weighted by atomic mass is 10.1. The summed E-state index contributed by atoms with van der Waals surface area (Å²) >= 11 is 3.28. The van der Waals surface area contributed by atoms with Crippen molar-refractivity contribution in [2.24, 2.45) is 0 Å². The van der Waals surface area contributed by atoms with E-state index in [4.69, 9.17) is 9.72 Å². The Morgan fingerprint density at radius 2 is 1.21 bits per heavy atom. The number of aryl methyl sites for hydroxylation is 2. The molecular formula is C29H38N8O4S2. The molecule has 6 rings (SSSR count). The van der Waals surface area contributed by atoms with Gasteiger partial charge in [0, 0.05) is 36.9 Å². The average molecular weight is 627 g/mol. The van der Waals surface area contributed by atoms with E-state index in [2.05, 4.69) is 25.0 Å². The van der Waals surface area contributed by atoms with Gasteiger partial charge in [-0.1, -0.05) is 0 Å². The van der Waals surface area contributed by atoms with Crippen LogP contribution in [0, 0.1) is 13.8 Å². The van der Waals surface area contributed by atoms with Gasteiger partial charge in [0.05, 0.1) is 43.0 Å².